The Kier molecular flexibility index (Phi) is 5.07. The van der Waals surface area contributed by atoms with E-state index in [9.17, 15) is 9.35 Å². The molecule has 170 valence electrons. The van der Waals surface area contributed by atoms with E-state index in [1.54, 1.807) is 42.1 Å². The Balaban J connectivity index is 1.46. The van der Waals surface area contributed by atoms with E-state index in [1.807, 2.05) is 40.7 Å². The monoisotopic (exact) mass is 489 g/mol. The fourth-order valence-corrected chi connectivity index (χ4v) is 6.01. The maximum Gasteiger partial charge on any atom is 0.241 e. The van der Waals surface area contributed by atoms with E-state index in [4.69, 9.17) is 16.6 Å². The molecule has 1 unspecified atom stereocenters. The second-order valence-corrected chi connectivity index (χ2v) is 10.4. The number of anilines is 1. The van der Waals surface area contributed by atoms with Gasteiger partial charge in [-0.25, -0.2) is 0 Å². The fourth-order valence-electron chi connectivity index (χ4n) is 5.03. The number of nitrogens with zero attached hydrogens (tertiary/aromatic N) is 5. The second kappa shape index (κ2) is 8.02. The first kappa shape index (κ1) is 21.5. The molecule has 1 amide bonds. The van der Waals surface area contributed by atoms with Crippen LogP contribution in [0.15, 0.2) is 67.4 Å². The smallest absolute Gasteiger partial charge is 0.241 e. The number of hydrogen-bond donors (Lipinski definition) is 0. The van der Waals surface area contributed by atoms with Crippen molar-refractivity contribution in [1.82, 2.24) is 19.3 Å². The first-order valence-electron chi connectivity index (χ1n) is 10.8. The van der Waals surface area contributed by atoms with Crippen molar-refractivity contribution in [1.29, 1.82) is 0 Å². The third-order valence-electron chi connectivity index (χ3n) is 6.71. The minimum atomic E-state index is -1.12. The molecule has 1 fully saturated rings. The van der Waals surface area contributed by atoms with Crippen LogP contribution in [0.1, 0.15) is 11.3 Å². The summed E-state index contributed by atoms with van der Waals surface area (Å²) in [5.41, 5.74) is 3.63. The Morgan fingerprint density at radius 1 is 1.12 bits per heavy atom. The van der Waals surface area contributed by atoms with Crippen molar-refractivity contribution in [3.05, 3.63) is 83.7 Å². The van der Waals surface area contributed by atoms with E-state index in [1.165, 1.54) is 0 Å². The molecule has 1 spiro atoms. The average Bonchev–Trinajstić information content (AvgIpc) is 3.06. The molecule has 6 rings (SSSR count). The molecular formula is C25H20ClN5O2S. The largest absolute Gasteiger partial charge is 0.598 e. The molecule has 2 aliphatic heterocycles. The summed E-state index contributed by atoms with van der Waals surface area (Å²) in [6.45, 7) is 1.15. The summed E-state index contributed by atoms with van der Waals surface area (Å²) >= 11 is 5.12. The zero-order valence-electron chi connectivity index (χ0n) is 18.3. The molecule has 1 saturated heterocycles. The third kappa shape index (κ3) is 3.21. The van der Waals surface area contributed by atoms with Crippen LogP contribution in [-0.2, 0) is 28.1 Å². The highest BCUT2D eigenvalue weighted by Crippen LogP contribution is 2.48. The zero-order chi connectivity index (χ0) is 23.4. The zero-order valence-corrected chi connectivity index (χ0v) is 19.9. The third-order valence-corrected chi connectivity index (χ3v) is 7.93. The van der Waals surface area contributed by atoms with E-state index in [-0.39, 0.29) is 12.5 Å². The van der Waals surface area contributed by atoms with Crippen molar-refractivity contribution in [3.63, 3.8) is 0 Å². The summed E-state index contributed by atoms with van der Waals surface area (Å²) < 4.78 is 13.8. The number of amides is 1. The maximum atomic E-state index is 13.8. The number of carbonyl (C=O) groups excluding carboxylic acids is 1. The quantitative estimate of drug-likeness (QED) is 0.406. The number of pyridine rings is 3. The first-order chi connectivity index (χ1) is 16.5. The maximum absolute atomic E-state index is 13.8. The Hall–Kier alpha value is -3.04. The van der Waals surface area contributed by atoms with Crippen LogP contribution in [0.2, 0.25) is 5.02 Å². The molecule has 9 heteroatoms. The van der Waals surface area contributed by atoms with Gasteiger partial charge in [-0.05, 0) is 35.2 Å². The molecule has 5 heterocycles. The number of fused-ring (bicyclic) bond motifs is 3. The van der Waals surface area contributed by atoms with Crippen LogP contribution >= 0.6 is 11.6 Å². The Morgan fingerprint density at radius 3 is 2.71 bits per heavy atom. The average molecular weight is 490 g/mol. The van der Waals surface area contributed by atoms with Crippen LogP contribution in [0.3, 0.4) is 0 Å². The summed E-state index contributed by atoms with van der Waals surface area (Å²) in [6, 6.07) is 11.5. The van der Waals surface area contributed by atoms with Crippen molar-refractivity contribution in [2.75, 3.05) is 24.2 Å². The van der Waals surface area contributed by atoms with Crippen molar-refractivity contribution in [2.24, 2.45) is 0 Å². The summed E-state index contributed by atoms with van der Waals surface area (Å²) in [5, 5.41) is 2.55. The lowest BCUT2D eigenvalue weighted by Gasteiger charge is -2.44. The van der Waals surface area contributed by atoms with Gasteiger partial charge in [-0.15, -0.1) is 4.31 Å². The molecule has 34 heavy (non-hydrogen) atoms. The van der Waals surface area contributed by atoms with E-state index < -0.39 is 16.8 Å². The summed E-state index contributed by atoms with van der Waals surface area (Å²) in [5.74, 6) is -0.00709. The van der Waals surface area contributed by atoms with Gasteiger partial charge >= 0.3 is 0 Å². The molecule has 4 aromatic rings. The summed E-state index contributed by atoms with van der Waals surface area (Å²) in [7, 11) is 0. The highest BCUT2D eigenvalue weighted by Gasteiger charge is 2.61. The molecule has 0 N–H and O–H groups in total. The molecule has 1 atom stereocenters. The number of hydrogen-bond acceptors (Lipinski definition) is 6. The predicted molar refractivity (Wildman–Crippen MR) is 133 cm³/mol. The van der Waals surface area contributed by atoms with Crippen LogP contribution in [0.25, 0.3) is 21.9 Å². The van der Waals surface area contributed by atoms with Gasteiger partial charge in [0, 0.05) is 57.7 Å². The van der Waals surface area contributed by atoms with Crippen molar-refractivity contribution in [3.8, 4) is 11.1 Å². The lowest BCUT2D eigenvalue weighted by Crippen LogP contribution is -2.64. The van der Waals surface area contributed by atoms with Crippen LogP contribution in [0.5, 0.6) is 0 Å². The summed E-state index contributed by atoms with van der Waals surface area (Å²) in [6.07, 6.45) is 10.4. The van der Waals surface area contributed by atoms with Crippen LogP contribution < -0.4 is 4.90 Å². The fraction of sp³-hybridized carbons (Fsp3) is 0.200. The van der Waals surface area contributed by atoms with E-state index in [0.717, 1.165) is 38.8 Å². The Labute approximate surface area is 204 Å². The van der Waals surface area contributed by atoms with Gasteiger partial charge in [0.15, 0.2) is 0 Å². The SMILES string of the molecule is C[S+]([O-])N1CC2(C1)C(=O)N(Cc1ncc3cc(Cl)ccc3c1-c1cccnc1)c1cnccc12. The molecular weight excluding hydrogens is 470 g/mol. The Morgan fingerprint density at radius 2 is 1.94 bits per heavy atom. The van der Waals surface area contributed by atoms with Gasteiger partial charge in [-0.1, -0.05) is 23.7 Å². The van der Waals surface area contributed by atoms with Gasteiger partial charge in [-0.2, -0.15) is 0 Å². The highest BCUT2D eigenvalue weighted by molar-refractivity contribution is 7.88. The number of carbonyl (C=O) groups is 1. The highest BCUT2D eigenvalue weighted by atomic mass is 35.5. The van der Waals surface area contributed by atoms with Crippen LogP contribution in [-0.4, -0.2) is 49.1 Å². The molecule has 3 aromatic heterocycles. The van der Waals surface area contributed by atoms with Crippen molar-refractivity contribution < 1.29 is 9.35 Å². The van der Waals surface area contributed by atoms with E-state index in [2.05, 4.69) is 9.97 Å². The minimum absolute atomic E-state index is 0.00709. The second-order valence-electron chi connectivity index (χ2n) is 8.64. The first-order valence-corrected chi connectivity index (χ1v) is 12.7. The van der Waals surface area contributed by atoms with E-state index in [0.29, 0.717) is 18.1 Å². The van der Waals surface area contributed by atoms with Gasteiger partial charge in [0.25, 0.3) is 0 Å². The van der Waals surface area contributed by atoms with Gasteiger partial charge in [0.1, 0.15) is 11.7 Å². The molecule has 0 aliphatic carbocycles. The van der Waals surface area contributed by atoms with Crippen LogP contribution in [0.4, 0.5) is 5.69 Å². The predicted octanol–water partition coefficient (Wildman–Crippen LogP) is 3.74. The van der Waals surface area contributed by atoms with Gasteiger partial charge in [-0.3, -0.25) is 19.7 Å². The summed E-state index contributed by atoms with van der Waals surface area (Å²) in [4.78, 5) is 28.9. The number of benzene rings is 1. The lowest BCUT2D eigenvalue weighted by atomic mass is 9.76. The molecule has 1 aromatic carbocycles. The van der Waals surface area contributed by atoms with Crippen molar-refractivity contribution in [2.45, 2.75) is 12.0 Å². The molecule has 0 bridgehead atoms. The molecule has 0 radical (unpaired) electrons. The topological polar surface area (TPSA) is 85.3 Å². The van der Waals surface area contributed by atoms with E-state index >= 15 is 0 Å². The van der Waals surface area contributed by atoms with Gasteiger partial charge in [0.05, 0.1) is 37.2 Å². The standard InChI is InChI=1S/C25H20ClN5O2S/c1-34(33)30-14-25(15-30)20-6-8-28-12-22(20)31(24(25)32)13-21-23(16-3-2-7-27-10-16)19-5-4-18(26)9-17(19)11-29-21/h2-12H,13-15H2,1H3. The molecule has 2 aliphatic rings. The molecule has 0 saturated carbocycles. The number of rotatable bonds is 4. The minimum Gasteiger partial charge on any atom is -0.598 e. The number of aromatic nitrogens is 3. The van der Waals surface area contributed by atoms with Gasteiger partial charge in [0.2, 0.25) is 5.91 Å². The van der Waals surface area contributed by atoms with Gasteiger partial charge < -0.3 is 9.45 Å². The normalized spacial score (nSPS) is 17.7. The van der Waals surface area contributed by atoms with Crippen LogP contribution in [0, 0.1) is 0 Å². The van der Waals surface area contributed by atoms with Crippen molar-refractivity contribution >= 4 is 45.3 Å². The lowest BCUT2D eigenvalue weighted by molar-refractivity contribution is -0.127. The number of halogens is 1. The Bertz CT molecular complexity index is 1430. The molecule has 7 nitrogen and oxygen atoms in total.